The lowest BCUT2D eigenvalue weighted by molar-refractivity contribution is -0.143. The summed E-state index contributed by atoms with van der Waals surface area (Å²) in [5, 5.41) is 7.26. The molecule has 7 heterocycles. The molecule has 63 heavy (non-hydrogen) atoms. The predicted octanol–water partition coefficient (Wildman–Crippen LogP) is 3.44. The third-order valence-corrected chi connectivity index (χ3v) is 15.8. The Morgan fingerprint density at radius 1 is 0.937 bits per heavy atom. The van der Waals surface area contributed by atoms with Gasteiger partial charge in [-0.1, -0.05) is 19.1 Å². The Hall–Kier alpha value is -5.70. The molecule has 20 heteroatoms. The minimum atomic E-state index is -4.08. The number of fused-ring (bicyclic) bond motifs is 1. The van der Waals surface area contributed by atoms with Gasteiger partial charge in [0.05, 0.1) is 38.3 Å². The molecule has 0 radical (unpaired) electrons. The van der Waals surface area contributed by atoms with E-state index in [1.165, 1.54) is 23.6 Å². The normalized spacial score (nSPS) is 21.1. The number of nitrogens with zero attached hydrogens (tertiary/aromatic N) is 7. The summed E-state index contributed by atoms with van der Waals surface area (Å²) in [7, 11) is -4.08. The van der Waals surface area contributed by atoms with Gasteiger partial charge < -0.3 is 15.5 Å². The fraction of sp³-hybridized carbons (Fsp3) is 0.442. The van der Waals surface area contributed by atoms with E-state index in [1.54, 1.807) is 37.3 Å². The lowest BCUT2D eigenvalue weighted by atomic mass is 9.90. The number of amides is 5. The molecular formula is C43H47FN10O7S2. The number of imide groups is 2. The van der Waals surface area contributed by atoms with E-state index in [4.69, 9.17) is 15.9 Å². The minimum absolute atomic E-state index is 0.00131. The first-order chi connectivity index (χ1) is 30.2. The Labute approximate surface area is 367 Å². The van der Waals surface area contributed by atoms with E-state index >= 15 is 4.39 Å². The van der Waals surface area contributed by atoms with Gasteiger partial charge >= 0.3 is 0 Å². The molecule has 0 spiro atoms. The highest BCUT2D eigenvalue weighted by molar-refractivity contribution is 7.89. The van der Waals surface area contributed by atoms with Crippen molar-refractivity contribution >= 4 is 62.5 Å². The molecular weight excluding hydrogens is 852 g/mol. The summed E-state index contributed by atoms with van der Waals surface area (Å²) in [6.45, 7) is 5.60. The van der Waals surface area contributed by atoms with Crippen LogP contribution >= 0.6 is 11.3 Å². The van der Waals surface area contributed by atoms with Crippen molar-refractivity contribution in [3.63, 3.8) is 0 Å². The second-order valence-corrected chi connectivity index (χ2v) is 19.6. The molecule has 5 aliphatic heterocycles. The smallest absolute Gasteiger partial charge is 0.262 e. The van der Waals surface area contributed by atoms with Crippen molar-refractivity contribution in [1.82, 2.24) is 35.0 Å². The van der Waals surface area contributed by atoms with Crippen LogP contribution in [0.4, 0.5) is 16.0 Å². The van der Waals surface area contributed by atoms with E-state index in [9.17, 15) is 32.4 Å². The second-order valence-electron chi connectivity index (χ2n) is 16.9. The Bertz CT molecular complexity index is 2640. The summed E-state index contributed by atoms with van der Waals surface area (Å²) in [6.07, 6.45) is 4.86. The predicted molar refractivity (Wildman–Crippen MR) is 231 cm³/mol. The molecule has 0 saturated carbocycles. The van der Waals surface area contributed by atoms with Crippen LogP contribution in [0.3, 0.4) is 0 Å². The molecule has 2 unspecified atom stereocenters. The van der Waals surface area contributed by atoms with Crippen molar-refractivity contribution in [1.29, 1.82) is 0 Å². The number of hydrogen-bond acceptors (Lipinski definition) is 14. The van der Waals surface area contributed by atoms with E-state index in [0.29, 0.717) is 61.3 Å². The van der Waals surface area contributed by atoms with Crippen LogP contribution in [0.15, 0.2) is 48.7 Å². The average molecular weight is 899 g/mol. The number of benzene rings is 2. The largest absolute Gasteiger partial charge is 0.371 e. The number of halogens is 1. The highest BCUT2D eigenvalue weighted by Gasteiger charge is 2.45. The van der Waals surface area contributed by atoms with Gasteiger partial charge in [0.25, 0.3) is 11.8 Å². The van der Waals surface area contributed by atoms with E-state index in [0.717, 1.165) is 41.5 Å². The lowest BCUT2D eigenvalue weighted by Gasteiger charge is -2.48. The fourth-order valence-corrected chi connectivity index (χ4v) is 11.9. The average Bonchev–Trinajstić information content (AvgIpc) is 3.79. The number of carbonyl (C=O) groups is 5. The standard InChI is InChI=1S/C43H47FN10O7S2/c1-2-33(63(46,60)61)28-4-3-5-29(35(28)44)36-37(31-10-15-47-43(45)48-31)62-39(50-36)23-11-16-52(17-12-23)40(57)24-21-53(22-24)25-13-18-51(19-14-25)26-6-7-27-30(20-26)42(59)54(41(27)58)32-8-9-34(55)49-38(32)56/h3-7,10,15,20,23-25,32-33H,2,8-9,11-14,16-19,21-22H2,1H3,(H2,45,47,48)(H2,46,60,61)(H,49,55,56). The molecule has 4 aromatic rings. The number of likely N-dealkylation sites (tertiary alicyclic amines) is 2. The first-order valence-electron chi connectivity index (χ1n) is 21.2. The van der Waals surface area contributed by atoms with Crippen molar-refractivity contribution < 1.29 is 36.8 Å². The van der Waals surface area contributed by atoms with Gasteiger partial charge in [-0.05, 0) is 68.9 Å². The number of rotatable bonds is 10. The zero-order valence-corrected chi connectivity index (χ0v) is 36.2. The van der Waals surface area contributed by atoms with Gasteiger partial charge in [0.15, 0.2) is 0 Å². The van der Waals surface area contributed by atoms with E-state index in [1.807, 2.05) is 11.0 Å². The molecule has 4 saturated heterocycles. The molecule has 0 bridgehead atoms. The number of sulfonamides is 1. The Balaban J connectivity index is 0.802. The maximum absolute atomic E-state index is 16.3. The summed E-state index contributed by atoms with van der Waals surface area (Å²) in [6, 6.07) is 10.8. The molecule has 2 aromatic heterocycles. The zero-order chi connectivity index (χ0) is 44.3. The maximum atomic E-state index is 16.3. The van der Waals surface area contributed by atoms with Crippen LogP contribution in [-0.2, 0) is 24.4 Å². The van der Waals surface area contributed by atoms with E-state index in [2.05, 4.69) is 25.1 Å². The van der Waals surface area contributed by atoms with Gasteiger partial charge in [0.2, 0.25) is 33.7 Å². The molecule has 17 nitrogen and oxygen atoms in total. The van der Waals surface area contributed by atoms with Crippen molar-refractivity contribution in [3.8, 4) is 21.8 Å². The number of thiazole rings is 1. The molecule has 330 valence electrons. The van der Waals surface area contributed by atoms with Gasteiger partial charge in [0, 0.05) is 80.7 Å². The monoisotopic (exact) mass is 898 g/mol. The summed E-state index contributed by atoms with van der Waals surface area (Å²) >= 11 is 1.38. The van der Waals surface area contributed by atoms with Crippen LogP contribution in [-0.4, -0.2) is 119 Å². The number of hydrogen-bond donors (Lipinski definition) is 3. The van der Waals surface area contributed by atoms with Crippen LogP contribution in [0.5, 0.6) is 0 Å². The van der Waals surface area contributed by atoms with Gasteiger partial charge in [-0.15, -0.1) is 11.3 Å². The van der Waals surface area contributed by atoms with Gasteiger partial charge in [-0.3, -0.25) is 39.1 Å². The highest BCUT2D eigenvalue weighted by Crippen LogP contribution is 2.43. The minimum Gasteiger partial charge on any atom is -0.371 e. The van der Waals surface area contributed by atoms with E-state index in [-0.39, 0.29) is 65.2 Å². The van der Waals surface area contributed by atoms with Crippen LogP contribution < -0.4 is 21.1 Å². The number of piperidine rings is 3. The number of nitrogens with one attached hydrogen (secondary N) is 1. The van der Waals surface area contributed by atoms with Crippen LogP contribution in [0.25, 0.3) is 21.8 Å². The van der Waals surface area contributed by atoms with Gasteiger partial charge in [-0.2, -0.15) is 0 Å². The molecule has 9 rings (SSSR count). The summed E-state index contributed by atoms with van der Waals surface area (Å²) in [5.74, 6) is -2.72. The Morgan fingerprint density at radius 2 is 1.67 bits per heavy atom. The third-order valence-electron chi connectivity index (χ3n) is 13.1. The van der Waals surface area contributed by atoms with Crippen molar-refractivity contribution in [2.24, 2.45) is 11.1 Å². The SMILES string of the molecule is CCC(c1cccc(-c2nc(C3CCN(C(=O)C4CN(C5CCN(c6ccc7c(c6)C(=O)N(C6CCC(=O)NC6=O)C7=O)CC5)C4)CC3)sc2-c2ccnc(N)n2)c1F)S(N)(=O)=O. The van der Waals surface area contributed by atoms with Crippen molar-refractivity contribution in [2.75, 3.05) is 49.9 Å². The Kier molecular flexibility index (Phi) is 11.3. The molecule has 5 amide bonds. The third kappa shape index (κ3) is 7.97. The fourth-order valence-electron chi connectivity index (χ4n) is 9.70. The number of carbonyl (C=O) groups excluding carboxylic acids is 5. The van der Waals surface area contributed by atoms with Crippen molar-refractivity contribution in [2.45, 2.75) is 75.1 Å². The van der Waals surface area contributed by atoms with E-state index < -0.39 is 50.8 Å². The number of primary sulfonamides is 1. The number of anilines is 2. The molecule has 5 aliphatic rings. The lowest BCUT2D eigenvalue weighted by Crippen LogP contribution is -2.60. The van der Waals surface area contributed by atoms with Crippen LogP contribution in [0, 0.1) is 11.7 Å². The van der Waals surface area contributed by atoms with Gasteiger partial charge in [-0.25, -0.2) is 32.9 Å². The van der Waals surface area contributed by atoms with Crippen LogP contribution in [0.1, 0.15) is 94.3 Å². The Morgan fingerprint density at radius 3 is 2.35 bits per heavy atom. The van der Waals surface area contributed by atoms with Crippen molar-refractivity contribution in [3.05, 3.63) is 76.2 Å². The maximum Gasteiger partial charge on any atom is 0.262 e. The molecule has 0 aliphatic carbocycles. The zero-order valence-electron chi connectivity index (χ0n) is 34.5. The molecule has 2 aromatic carbocycles. The summed E-state index contributed by atoms with van der Waals surface area (Å²) < 4.78 is 41.0. The van der Waals surface area contributed by atoms with Crippen LogP contribution in [0.2, 0.25) is 0 Å². The number of nitrogens with two attached hydrogens (primary N) is 2. The summed E-state index contributed by atoms with van der Waals surface area (Å²) in [4.78, 5) is 85.8. The molecule has 4 fully saturated rings. The molecule has 5 N–H and O–H groups in total. The first-order valence-corrected chi connectivity index (χ1v) is 23.7. The summed E-state index contributed by atoms with van der Waals surface area (Å²) in [5.41, 5.74) is 8.18. The number of nitrogen functional groups attached to an aromatic ring is 1. The number of aromatic nitrogens is 3. The molecule has 2 atom stereocenters. The first kappa shape index (κ1) is 42.6. The topological polar surface area (TPSA) is 235 Å². The quantitative estimate of drug-likeness (QED) is 0.194. The van der Waals surface area contributed by atoms with Gasteiger partial charge in [0.1, 0.15) is 17.1 Å². The highest BCUT2D eigenvalue weighted by atomic mass is 32.2. The second kappa shape index (κ2) is 16.8.